The van der Waals surface area contributed by atoms with Crippen LogP contribution in [0, 0.1) is 0 Å². The lowest BCUT2D eigenvalue weighted by atomic mass is 10.1. The Morgan fingerprint density at radius 2 is 1.85 bits per heavy atom. The number of aliphatic hydroxyl groups excluding tert-OH is 1. The van der Waals surface area contributed by atoms with Gasteiger partial charge in [0.25, 0.3) is 0 Å². The third kappa shape index (κ3) is 5.23. The number of rotatable bonds is 6. The van der Waals surface area contributed by atoms with E-state index in [1.54, 1.807) is 0 Å². The van der Waals surface area contributed by atoms with Crippen LogP contribution in [0.1, 0.15) is 43.7 Å². The van der Waals surface area contributed by atoms with Gasteiger partial charge in [-0.25, -0.2) is 0 Å². The molecule has 112 valence electrons. The van der Waals surface area contributed by atoms with Gasteiger partial charge in [-0.05, 0) is 44.0 Å². The molecule has 1 aromatic carbocycles. The lowest BCUT2D eigenvalue weighted by Gasteiger charge is -2.24. The van der Waals surface area contributed by atoms with E-state index in [0.29, 0.717) is 6.04 Å². The van der Waals surface area contributed by atoms with E-state index in [2.05, 4.69) is 29.3 Å². The Labute approximate surface area is 123 Å². The average Bonchev–Trinajstić information content (AvgIpc) is 2.74. The predicted molar refractivity (Wildman–Crippen MR) is 83.6 cm³/mol. The van der Waals surface area contributed by atoms with Crippen LogP contribution in [0.4, 0.5) is 0 Å². The number of aliphatic hydroxyl groups is 1. The standard InChI is InChI=1S/C17H28N2O/c1-15(13-19-9-4-2-3-5-10-19)18-12-16-7-6-8-17(11-16)14-20/h6-8,11,15,18,20H,2-5,9-10,12-14H2,1H3. The first-order chi connectivity index (χ1) is 9.78. The molecule has 0 saturated carbocycles. The minimum absolute atomic E-state index is 0.122. The highest BCUT2D eigenvalue weighted by atomic mass is 16.3. The Hall–Kier alpha value is -0.900. The molecule has 0 amide bonds. The van der Waals surface area contributed by atoms with E-state index < -0.39 is 0 Å². The lowest BCUT2D eigenvalue weighted by Crippen LogP contribution is -2.39. The van der Waals surface area contributed by atoms with Crippen molar-refractivity contribution in [1.82, 2.24) is 10.2 Å². The number of benzene rings is 1. The lowest BCUT2D eigenvalue weighted by molar-refractivity contribution is 0.255. The fourth-order valence-electron chi connectivity index (χ4n) is 2.90. The molecule has 20 heavy (non-hydrogen) atoms. The second-order valence-electron chi connectivity index (χ2n) is 5.97. The summed E-state index contributed by atoms with van der Waals surface area (Å²) in [5.41, 5.74) is 2.24. The van der Waals surface area contributed by atoms with Crippen LogP contribution >= 0.6 is 0 Å². The van der Waals surface area contributed by atoms with Crippen LogP contribution in [0.2, 0.25) is 0 Å². The third-order valence-corrected chi connectivity index (χ3v) is 4.06. The minimum atomic E-state index is 0.122. The Kier molecular flexibility index (Phi) is 6.51. The fourth-order valence-corrected chi connectivity index (χ4v) is 2.90. The van der Waals surface area contributed by atoms with Crippen molar-refractivity contribution < 1.29 is 5.11 Å². The molecule has 0 spiro atoms. The zero-order valence-corrected chi connectivity index (χ0v) is 12.6. The zero-order chi connectivity index (χ0) is 14.2. The van der Waals surface area contributed by atoms with Crippen LogP contribution in [0.15, 0.2) is 24.3 Å². The first kappa shape index (κ1) is 15.5. The van der Waals surface area contributed by atoms with Crippen LogP contribution in [-0.4, -0.2) is 35.7 Å². The molecule has 0 radical (unpaired) electrons. The maximum Gasteiger partial charge on any atom is 0.0681 e. The maximum atomic E-state index is 9.16. The quantitative estimate of drug-likeness (QED) is 0.838. The van der Waals surface area contributed by atoms with Gasteiger partial charge in [0.2, 0.25) is 0 Å². The van der Waals surface area contributed by atoms with E-state index in [0.717, 1.165) is 18.7 Å². The molecule has 1 unspecified atom stereocenters. The monoisotopic (exact) mass is 276 g/mol. The Bertz CT molecular complexity index is 386. The molecular formula is C17H28N2O. The topological polar surface area (TPSA) is 35.5 Å². The first-order valence-electron chi connectivity index (χ1n) is 7.92. The molecule has 1 aromatic rings. The van der Waals surface area contributed by atoms with Crippen LogP contribution in [0.25, 0.3) is 0 Å². The van der Waals surface area contributed by atoms with E-state index >= 15 is 0 Å². The Morgan fingerprint density at radius 3 is 2.55 bits per heavy atom. The normalized spacial score (nSPS) is 18.7. The third-order valence-electron chi connectivity index (χ3n) is 4.06. The van der Waals surface area contributed by atoms with E-state index in [1.165, 1.54) is 44.3 Å². The van der Waals surface area contributed by atoms with Crippen LogP contribution in [-0.2, 0) is 13.2 Å². The summed E-state index contributed by atoms with van der Waals surface area (Å²) < 4.78 is 0. The van der Waals surface area contributed by atoms with Gasteiger partial charge in [0.05, 0.1) is 6.61 Å². The van der Waals surface area contributed by atoms with Crippen molar-refractivity contribution in [1.29, 1.82) is 0 Å². The average molecular weight is 276 g/mol. The summed E-state index contributed by atoms with van der Waals surface area (Å²) in [6.07, 6.45) is 5.50. The fraction of sp³-hybridized carbons (Fsp3) is 0.647. The van der Waals surface area contributed by atoms with E-state index in [4.69, 9.17) is 5.11 Å². The molecular weight excluding hydrogens is 248 g/mol. The summed E-state index contributed by atoms with van der Waals surface area (Å²) >= 11 is 0. The summed E-state index contributed by atoms with van der Waals surface area (Å²) in [5.74, 6) is 0. The van der Waals surface area contributed by atoms with Crippen molar-refractivity contribution in [3.63, 3.8) is 0 Å². The second-order valence-corrected chi connectivity index (χ2v) is 5.97. The van der Waals surface area contributed by atoms with E-state index in [1.807, 2.05) is 12.1 Å². The molecule has 0 aromatic heterocycles. The molecule has 2 rings (SSSR count). The number of likely N-dealkylation sites (tertiary alicyclic amines) is 1. The number of hydrogen-bond donors (Lipinski definition) is 2. The summed E-state index contributed by atoms with van der Waals surface area (Å²) in [4.78, 5) is 2.59. The molecule has 1 aliphatic rings. The molecule has 1 heterocycles. The molecule has 3 nitrogen and oxygen atoms in total. The van der Waals surface area contributed by atoms with Crippen LogP contribution < -0.4 is 5.32 Å². The van der Waals surface area contributed by atoms with Crippen LogP contribution in [0.3, 0.4) is 0 Å². The zero-order valence-electron chi connectivity index (χ0n) is 12.6. The molecule has 1 saturated heterocycles. The number of nitrogens with one attached hydrogen (secondary N) is 1. The Morgan fingerprint density at radius 1 is 1.15 bits per heavy atom. The van der Waals surface area contributed by atoms with Crippen molar-refractivity contribution in [2.24, 2.45) is 0 Å². The summed E-state index contributed by atoms with van der Waals surface area (Å²) in [7, 11) is 0. The second kappa shape index (κ2) is 8.40. The molecule has 2 N–H and O–H groups in total. The van der Waals surface area contributed by atoms with Gasteiger partial charge in [-0.3, -0.25) is 0 Å². The van der Waals surface area contributed by atoms with Crippen molar-refractivity contribution in [3.8, 4) is 0 Å². The van der Waals surface area contributed by atoms with Crippen molar-refractivity contribution in [2.45, 2.75) is 51.8 Å². The maximum absolute atomic E-state index is 9.16. The highest BCUT2D eigenvalue weighted by Crippen LogP contribution is 2.10. The highest BCUT2D eigenvalue weighted by molar-refractivity contribution is 5.22. The van der Waals surface area contributed by atoms with Crippen molar-refractivity contribution in [3.05, 3.63) is 35.4 Å². The minimum Gasteiger partial charge on any atom is -0.392 e. The van der Waals surface area contributed by atoms with Gasteiger partial charge in [0.15, 0.2) is 0 Å². The molecule has 0 aliphatic carbocycles. The van der Waals surface area contributed by atoms with Crippen molar-refractivity contribution in [2.75, 3.05) is 19.6 Å². The van der Waals surface area contributed by atoms with E-state index in [-0.39, 0.29) is 6.61 Å². The number of nitrogens with zero attached hydrogens (tertiary/aromatic N) is 1. The smallest absolute Gasteiger partial charge is 0.0681 e. The Balaban J connectivity index is 1.74. The molecule has 3 heteroatoms. The van der Waals surface area contributed by atoms with Gasteiger partial charge in [-0.15, -0.1) is 0 Å². The molecule has 1 fully saturated rings. The first-order valence-corrected chi connectivity index (χ1v) is 7.92. The van der Waals surface area contributed by atoms with Gasteiger partial charge in [0.1, 0.15) is 0 Å². The summed E-state index contributed by atoms with van der Waals surface area (Å²) in [6.45, 7) is 6.92. The number of hydrogen-bond acceptors (Lipinski definition) is 3. The SMILES string of the molecule is CC(CN1CCCCCC1)NCc1cccc(CO)c1. The summed E-state index contributed by atoms with van der Waals surface area (Å²) in [6, 6.07) is 8.67. The largest absolute Gasteiger partial charge is 0.392 e. The van der Waals surface area contributed by atoms with E-state index in [9.17, 15) is 0 Å². The van der Waals surface area contributed by atoms with Gasteiger partial charge in [0, 0.05) is 19.1 Å². The summed E-state index contributed by atoms with van der Waals surface area (Å²) in [5, 5.41) is 12.7. The molecule has 0 bridgehead atoms. The molecule has 1 atom stereocenters. The van der Waals surface area contributed by atoms with Gasteiger partial charge in [-0.2, -0.15) is 0 Å². The van der Waals surface area contributed by atoms with Gasteiger partial charge >= 0.3 is 0 Å². The predicted octanol–water partition coefficient (Wildman–Crippen LogP) is 2.53. The van der Waals surface area contributed by atoms with Crippen molar-refractivity contribution >= 4 is 0 Å². The van der Waals surface area contributed by atoms with Gasteiger partial charge < -0.3 is 15.3 Å². The molecule has 1 aliphatic heterocycles. The highest BCUT2D eigenvalue weighted by Gasteiger charge is 2.12. The van der Waals surface area contributed by atoms with Crippen LogP contribution in [0.5, 0.6) is 0 Å². The van der Waals surface area contributed by atoms with Gasteiger partial charge in [-0.1, -0.05) is 37.1 Å².